The van der Waals surface area contributed by atoms with Gasteiger partial charge in [0.15, 0.2) is 0 Å². The van der Waals surface area contributed by atoms with Crippen molar-refractivity contribution in [3.05, 3.63) is 29.8 Å². The third-order valence-corrected chi connectivity index (χ3v) is 5.56. The number of anilines is 1. The first-order valence-electron chi connectivity index (χ1n) is 10.7. The zero-order chi connectivity index (χ0) is 23.7. The quantitative estimate of drug-likeness (QED) is 0.433. The molecular weight excluding hydrogens is 441 g/mol. The van der Waals surface area contributed by atoms with Crippen molar-refractivity contribution >= 4 is 28.3 Å². The molecule has 0 aliphatic heterocycles. The minimum absolute atomic E-state index is 0.0560. The smallest absolute Gasteiger partial charge is 0.342 e. The Morgan fingerprint density at radius 2 is 1.78 bits per heavy atom. The summed E-state index contributed by atoms with van der Waals surface area (Å²) in [5.41, 5.74) is -0.258. The van der Waals surface area contributed by atoms with Crippen molar-refractivity contribution < 1.29 is 22.8 Å². The molecule has 0 saturated carbocycles. The number of hydrogen-bond donors (Lipinski definition) is 1. The standard InChI is InChI=1S/C22H29F3N4O2S/c1-4-5-6-7-19(31)29(14-15(2)3)13-12-18(30)26-21-28-27-20(32-21)16-8-10-17(11-9-16)22(23,24)25/h8-11,15H,4-7,12-14H2,1-3H3,(H,26,28,30). The molecule has 1 aromatic carbocycles. The second-order valence-corrected chi connectivity index (χ2v) is 8.95. The molecule has 2 amide bonds. The normalized spacial score (nSPS) is 11.6. The minimum atomic E-state index is -4.40. The van der Waals surface area contributed by atoms with Crippen LogP contribution in [-0.4, -0.2) is 40.0 Å². The van der Waals surface area contributed by atoms with Gasteiger partial charge in [0.05, 0.1) is 5.56 Å². The van der Waals surface area contributed by atoms with E-state index in [9.17, 15) is 22.8 Å². The van der Waals surface area contributed by atoms with Crippen LogP contribution >= 0.6 is 11.3 Å². The van der Waals surface area contributed by atoms with Gasteiger partial charge in [-0.15, -0.1) is 10.2 Å². The maximum absolute atomic E-state index is 12.7. The zero-order valence-electron chi connectivity index (χ0n) is 18.5. The first kappa shape index (κ1) is 25.8. The van der Waals surface area contributed by atoms with Crippen LogP contribution in [0.5, 0.6) is 0 Å². The lowest BCUT2D eigenvalue weighted by molar-refractivity contribution is -0.137. The number of alkyl halides is 3. The second-order valence-electron chi connectivity index (χ2n) is 7.98. The summed E-state index contributed by atoms with van der Waals surface area (Å²) in [6.07, 6.45) is -0.917. The zero-order valence-corrected chi connectivity index (χ0v) is 19.4. The summed E-state index contributed by atoms with van der Waals surface area (Å²) in [7, 11) is 0. The van der Waals surface area contributed by atoms with Crippen LogP contribution in [0.3, 0.4) is 0 Å². The van der Waals surface area contributed by atoms with Crippen LogP contribution in [0.25, 0.3) is 10.6 Å². The molecular formula is C22H29F3N4O2S. The Morgan fingerprint density at radius 3 is 2.38 bits per heavy atom. The summed E-state index contributed by atoms with van der Waals surface area (Å²) in [4.78, 5) is 26.6. The third kappa shape index (κ3) is 8.22. The molecule has 10 heteroatoms. The average molecular weight is 471 g/mol. The lowest BCUT2D eigenvalue weighted by Crippen LogP contribution is -2.36. The highest BCUT2D eigenvalue weighted by molar-refractivity contribution is 7.18. The molecule has 0 radical (unpaired) electrons. The van der Waals surface area contributed by atoms with Crippen LogP contribution in [0, 0.1) is 5.92 Å². The van der Waals surface area contributed by atoms with Crippen LogP contribution in [0.15, 0.2) is 24.3 Å². The van der Waals surface area contributed by atoms with E-state index in [1.54, 1.807) is 4.90 Å². The van der Waals surface area contributed by atoms with E-state index < -0.39 is 11.7 Å². The number of rotatable bonds is 11. The Labute approximate surface area is 190 Å². The van der Waals surface area contributed by atoms with Crippen LogP contribution in [-0.2, 0) is 15.8 Å². The van der Waals surface area contributed by atoms with Crippen LogP contribution < -0.4 is 5.32 Å². The maximum atomic E-state index is 12.7. The average Bonchev–Trinajstić information content (AvgIpc) is 3.18. The first-order chi connectivity index (χ1) is 15.1. The summed E-state index contributed by atoms with van der Waals surface area (Å²) < 4.78 is 38.1. The highest BCUT2D eigenvalue weighted by Gasteiger charge is 2.30. The Morgan fingerprint density at radius 1 is 1.09 bits per heavy atom. The molecule has 1 aromatic heterocycles. The molecule has 0 saturated heterocycles. The van der Waals surface area contributed by atoms with Crippen molar-refractivity contribution in [2.45, 2.75) is 59.1 Å². The SMILES string of the molecule is CCCCCC(=O)N(CCC(=O)Nc1nnc(-c2ccc(C(F)(F)F)cc2)s1)CC(C)C. The van der Waals surface area contributed by atoms with Gasteiger partial charge < -0.3 is 10.2 Å². The van der Waals surface area contributed by atoms with Crippen molar-refractivity contribution in [1.29, 1.82) is 0 Å². The van der Waals surface area contributed by atoms with Crippen molar-refractivity contribution in [2.75, 3.05) is 18.4 Å². The molecule has 32 heavy (non-hydrogen) atoms. The Balaban J connectivity index is 1.92. The van der Waals surface area contributed by atoms with Crippen molar-refractivity contribution in [1.82, 2.24) is 15.1 Å². The third-order valence-electron chi connectivity index (χ3n) is 4.67. The molecule has 0 bridgehead atoms. The second kappa shape index (κ2) is 11.9. The summed E-state index contributed by atoms with van der Waals surface area (Å²) in [5.74, 6) is 0.0540. The van der Waals surface area contributed by atoms with Gasteiger partial charge in [0.1, 0.15) is 5.01 Å². The monoisotopic (exact) mass is 470 g/mol. The highest BCUT2D eigenvalue weighted by Crippen LogP contribution is 2.32. The fourth-order valence-electron chi connectivity index (χ4n) is 3.05. The molecule has 0 aliphatic carbocycles. The van der Waals surface area contributed by atoms with Gasteiger partial charge in [-0.2, -0.15) is 13.2 Å². The van der Waals surface area contributed by atoms with Gasteiger partial charge >= 0.3 is 6.18 Å². The molecule has 1 heterocycles. The lowest BCUT2D eigenvalue weighted by Gasteiger charge is -2.24. The van der Waals surface area contributed by atoms with Gasteiger partial charge in [-0.1, -0.05) is 57.1 Å². The summed E-state index contributed by atoms with van der Waals surface area (Å²) in [5, 5.41) is 11.2. The number of carbonyl (C=O) groups excluding carboxylic acids is 2. The van der Waals surface area contributed by atoms with E-state index in [4.69, 9.17) is 0 Å². The van der Waals surface area contributed by atoms with Gasteiger partial charge in [0.25, 0.3) is 0 Å². The Bertz CT molecular complexity index is 882. The first-order valence-corrected chi connectivity index (χ1v) is 11.5. The molecule has 2 aromatic rings. The largest absolute Gasteiger partial charge is 0.416 e. The van der Waals surface area contributed by atoms with Gasteiger partial charge in [0, 0.05) is 31.5 Å². The fraction of sp³-hybridized carbons (Fsp3) is 0.545. The molecule has 1 N–H and O–H groups in total. The number of amides is 2. The molecule has 6 nitrogen and oxygen atoms in total. The van der Waals surface area contributed by atoms with Gasteiger partial charge in [-0.25, -0.2) is 0 Å². The minimum Gasteiger partial charge on any atom is -0.342 e. The maximum Gasteiger partial charge on any atom is 0.416 e. The van der Waals surface area contributed by atoms with E-state index in [0.717, 1.165) is 42.7 Å². The number of aromatic nitrogens is 2. The summed E-state index contributed by atoms with van der Waals surface area (Å²) in [6, 6.07) is 4.61. The van der Waals surface area contributed by atoms with Crippen LogP contribution in [0.4, 0.5) is 18.3 Å². The molecule has 0 aliphatic rings. The Kier molecular flexibility index (Phi) is 9.61. The Hall–Kier alpha value is -2.49. The fourth-order valence-corrected chi connectivity index (χ4v) is 3.82. The number of benzene rings is 1. The van der Waals surface area contributed by atoms with Gasteiger partial charge in [-0.3, -0.25) is 9.59 Å². The van der Waals surface area contributed by atoms with E-state index in [1.165, 1.54) is 12.1 Å². The molecule has 0 spiro atoms. The van der Waals surface area contributed by atoms with E-state index in [0.29, 0.717) is 36.0 Å². The molecule has 176 valence electrons. The van der Waals surface area contributed by atoms with E-state index >= 15 is 0 Å². The predicted molar refractivity (Wildman–Crippen MR) is 119 cm³/mol. The van der Waals surface area contributed by atoms with Gasteiger partial charge in [0.2, 0.25) is 16.9 Å². The summed E-state index contributed by atoms with van der Waals surface area (Å²) in [6.45, 7) is 7.04. The number of carbonyl (C=O) groups is 2. The number of halogens is 3. The van der Waals surface area contributed by atoms with E-state index in [1.807, 2.05) is 13.8 Å². The topological polar surface area (TPSA) is 75.2 Å². The van der Waals surface area contributed by atoms with Crippen molar-refractivity contribution in [2.24, 2.45) is 5.92 Å². The lowest BCUT2D eigenvalue weighted by atomic mass is 10.1. The molecule has 0 atom stereocenters. The number of nitrogens with zero attached hydrogens (tertiary/aromatic N) is 3. The molecule has 0 unspecified atom stereocenters. The van der Waals surface area contributed by atoms with Crippen LogP contribution in [0.2, 0.25) is 0 Å². The molecule has 2 rings (SSSR count). The van der Waals surface area contributed by atoms with Crippen molar-refractivity contribution in [3.63, 3.8) is 0 Å². The number of unbranched alkanes of at least 4 members (excludes halogenated alkanes) is 2. The van der Waals surface area contributed by atoms with Crippen LogP contribution in [0.1, 0.15) is 58.4 Å². The highest BCUT2D eigenvalue weighted by atomic mass is 32.1. The van der Waals surface area contributed by atoms with E-state index in [-0.39, 0.29) is 23.4 Å². The van der Waals surface area contributed by atoms with Crippen molar-refractivity contribution in [3.8, 4) is 10.6 Å². The predicted octanol–water partition coefficient (Wildman–Crippen LogP) is 5.62. The number of hydrogen-bond acceptors (Lipinski definition) is 5. The molecule has 0 fully saturated rings. The van der Waals surface area contributed by atoms with E-state index in [2.05, 4.69) is 22.4 Å². The summed E-state index contributed by atoms with van der Waals surface area (Å²) >= 11 is 1.08. The number of nitrogens with one attached hydrogen (secondary N) is 1. The van der Waals surface area contributed by atoms with Gasteiger partial charge in [-0.05, 0) is 24.5 Å².